The first kappa shape index (κ1) is 34.8. The fourth-order valence-electron chi connectivity index (χ4n) is 9.38. The van der Waals surface area contributed by atoms with E-state index in [1.807, 2.05) is 18.2 Å². The van der Waals surface area contributed by atoms with Crippen molar-refractivity contribution in [3.8, 4) is 56.4 Å². The minimum Gasteiger partial charge on any atom is -0.456 e. The summed E-state index contributed by atoms with van der Waals surface area (Å²) in [6.07, 6.45) is 0. The quantitative estimate of drug-likeness (QED) is 0.163. The first-order valence-electron chi connectivity index (χ1n) is 20.8. The number of furan rings is 1. The number of aromatic nitrogens is 3. The van der Waals surface area contributed by atoms with E-state index in [2.05, 4.69) is 182 Å². The molecule has 0 aliphatic heterocycles. The molecule has 288 valence electrons. The van der Waals surface area contributed by atoms with E-state index in [1.165, 1.54) is 58.1 Å². The van der Waals surface area contributed by atoms with Crippen LogP contribution in [0, 0.1) is 0 Å². The molecule has 10 aromatic carbocycles. The maximum absolute atomic E-state index is 6.54. The first-order valence-corrected chi connectivity index (χ1v) is 21.6. The number of thiophene rings is 1. The molecule has 0 radical (unpaired) electrons. The van der Waals surface area contributed by atoms with Gasteiger partial charge in [0, 0.05) is 47.6 Å². The van der Waals surface area contributed by atoms with E-state index < -0.39 is 0 Å². The predicted octanol–water partition coefficient (Wildman–Crippen LogP) is 15.9. The van der Waals surface area contributed by atoms with Gasteiger partial charge in [-0.05, 0) is 97.0 Å². The molecule has 0 amide bonds. The van der Waals surface area contributed by atoms with Gasteiger partial charge < -0.3 is 4.42 Å². The Morgan fingerprint density at radius 3 is 1.56 bits per heavy atom. The lowest BCUT2D eigenvalue weighted by molar-refractivity contribution is 0.669. The first-order chi connectivity index (χ1) is 30.7. The number of benzene rings is 10. The molecule has 5 heteroatoms. The lowest BCUT2D eigenvalue weighted by Crippen LogP contribution is -2.00. The largest absolute Gasteiger partial charge is 0.456 e. The van der Waals surface area contributed by atoms with Crippen molar-refractivity contribution < 1.29 is 4.42 Å². The van der Waals surface area contributed by atoms with Crippen LogP contribution in [-0.2, 0) is 0 Å². The van der Waals surface area contributed by atoms with E-state index in [4.69, 9.17) is 19.4 Å². The fraction of sp³-hybridized carbons (Fsp3) is 0. The molecular weight excluding hydrogens is 775 g/mol. The lowest BCUT2D eigenvalue weighted by atomic mass is 9.91. The summed E-state index contributed by atoms with van der Waals surface area (Å²) in [6, 6.07) is 71.1. The van der Waals surface area contributed by atoms with Gasteiger partial charge in [-0.2, -0.15) is 0 Å². The van der Waals surface area contributed by atoms with Gasteiger partial charge in [0.25, 0.3) is 0 Å². The van der Waals surface area contributed by atoms with Gasteiger partial charge in [-0.1, -0.05) is 158 Å². The molecule has 0 aliphatic carbocycles. The Labute approximate surface area is 360 Å². The minimum absolute atomic E-state index is 0.621. The van der Waals surface area contributed by atoms with Crippen LogP contribution in [0.4, 0.5) is 0 Å². The van der Waals surface area contributed by atoms with E-state index >= 15 is 0 Å². The van der Waals surface area contributed by atoms with Crippen molar-refractivity contribution in [3.05, 3.63) is 200 Å². The fourth-order valence-corrected chi connectivity index (χ4v) is 10.5. The highest BCUT2D eigenvalue weighted by atomic mass is 32.1. The van der Waals surface area contributed by atoms with Gasteiger partial charge in [0.1, 0.15) is 11.2 Å². The van der Waals surface area contributed by atoms with Crippen molar-refractivity contribution in [3.63, 3.8) is 0 Å². The molecule has 0 aliphatic rings. The third kappa shape index (κ3) is 5.56. The Balaban J connectivity index is 0.942. The third-order valence-electron chi connectivity index (χ3n) is 12.3. The molecule has 0 atom stereocenters. The smallest absolute Gasteiger partial charge is 0.164 e. The second kappa shape index (κ2) is 13.8. The summed E-state index contributed by atoms with van der Waals surface area (Å²) in [7, 11) is 0. The molecule has 0 saturated carbocycles. The summed E-state index contributed by atoms with van der Waals surface area (Å²) in [6.45, 7) is 0. The molecule has 4 nitrogen and oxygen atoms in total. The van der Waals surface area contributed by atoms with Crippen LogP contribution in [0.2, 0.25) is 0 Å². The Hall–Kier alpha value is -7.99. The molecule has 0 bridgehead atoms. The number of nitrogens with zero attached hydrogens (tertiary/aromatic N) is 3. The van der Waals surface area contributed by atoms with Crippen LogP contribution >= 0.6 is 11.3 Å². The second-order valence-corrected chi connectivity index (χ2v) is 17.0. The number of hydrogen-bond acceptors (Lipinski definition) is 5. The average molecular weight is 808 g/mol. The van der Waals surface area contributed by atoms with Crippen molar-refractivity contribution in [2.45, 2.75) is 0 Å². The molecule has 3 heterocycles. The molecule has 3 aromatic heterocycles. The van der Waals surface area contributed by atoms with E-state index in [0.717, 1.165) is 55.3 Å². The van der Waals surface area contributed by atoms with Gasteiger partial charge in [-0.15, -0.1) is 11.3 Å². The van der Waals surface area contributed by atoms with Gasteiger partial charge in [-0.25, -0.2) is 15.0 Å². The van der Waals surface area contributed by atoms with E-state index in [1.54, 1.807) is 11.3 Å². The molecule has 13 rings (SSSR count). The van der Waals surface area contributed by atoms with Crippen molar-refractivity contribution in [2.75, 3.05) is 0 Å². The zero-order valence-corrected chi connectivity index (χ0v) is 34.0. The molecule has 62 heavy (non-hydrogen) atoms. The minimum atomic E-state index is 0.621. The van der Waals surface area contributed by atoms with Crippen LogP contribution in [-0.4, -0.2) is 15.0 Å². The van der Waals surface area contributed by atoms with Gasteiger partial charge >= 0.3 is 0 Å². The monoisotopic (exact) mass is 807 g/mol. The van der Waals surface area contributed by atoms with E-state index in [9.17, 15) is 0 Å². The third-order valence-corrected chi connectivity index (χ3v) is 13.4. The maximum atomic E-state index is 6.54. The summed E-state index contributed by atoms with van der Waals surface area (Å²) >= 11 is 1.79. The van der Waals surface area contributed by atoms with Crippen molar-refractivity contribution in [1.82, 2.24) is 15.0 Å². The summed E-state index contributed by atoms with van der Waals surface area (Å²) in [5.41, 5.74) is 8.96. The molecule has 13 aromatic rings. The molecule has 0 saturated heterocycles. The Morgan fingerprint density at radius 2 is 0.806 bits per heavy atom. The van der Waals surface area contributed by atoms with E-state index in [-0.39, 0.29) is 0 Å². The van der Waals surface area contributed by atoms with Crippen LogP contribution < -0.4 is 0 Å². The highest BCUT2D eigenvalue weighted by molar-refractivity contribution is 7.25. The standard InChI is InChI=1S/C57H33N3OS/c1-2-12-34(13-3-1)55-58-56(60-57(59-55)39-25-28-47-46-20-8-9-23-52(46)62-53(47)33-39)38-15-10-14-37(30-38)40-21-11-22-51-54(40)49-32-36(26-29-50(49)61-51)35-24-27-45-43-18-5-4-16-41(43)42-17-6-7-19-44(42)48(45)31-35/h1-33H. The second-order valence-electron chi connectivity index (χ2n) is 15.9. The van der Waals surface area contributed by atoms with Crippen LogP contribution in [0.1, 0.15) is 0 Å². The predicted molar refractivity (Wildman–Crippen MR) is 260 cm³/mol. The van der Waals surface area contributed by atoms with Gasteiger partial charge in [0.15, 0.2) is 17.5 Å². The molecule has 0 fully saturated rings. The Morgan fingerprint density at radius 1 is 0.290 bits per heavy atom. The molecule has 0 N–H and O–H groups in total. The summed E-state index contributed by atoms with van der Waals surface area (Å²) in [5.74, 6) is 1.90. The molecule has 0 spiro atoms. The maximum Gasteiger partial charge on any atom is 0.164 e. The van der Waals surface area contributed by atoms with Crippen molar-refractivity contribution in [1.29, 1.82) is 0 Å². The average Bonchev–Trinajstić information content (AvgIpc) is 3.92. The topological polar surface area (TPSA) is 51.8 Å². The summed E-state index contributed by atoms with van der Waals surface area (Å²) < 4.78 is 9.02. The number of fused-ring (bicyclic) bond motifs is 12. The van der Waals surface area contributed by atoms with Crippen molar-refractivity contribution in [2.24, 2.45) is 0 Å². The van der Waals surface area contributed by atoms with Crippen LogP contribution in [0.15, 0.2) is 205 Å². The van der Waals surface area contributed by atoms with Gasteiger partial charge in [-0.3, -0.25) is 0 Å². The van der Waals surface area contributed by atoms with E-state index in [0.29, 0.717) is 17.5 Å². The zero-order chi connectivity index (χ0) is 40.7. The van der Waals surface area contributed by atoms with Crippen LogP contribution in [0.3, 0.4) is 0 Å². The normalized spacial score (nSPS) is 11.9. The zero-order valence-electron chi connectivity index (χ0n) is 33.2. The SMILES string of the molecule is c1ccc(-c2nc(-c3cccc(-c4cccc5oc6ccc(-c7ccc8c9ccccc9c9ccccc9c8c7)cc6c45)c3)nc(-c3ccc4c(c3)sc3ccccc34)n2)cc1. The summed E-state index contributed by atoms with van der Waals surface area (Å²) in [4.78, 5) is 15.3. The van der Waals surface area contributed by atoms with Crippen molar-refractivity contribution >= 4 is 85.8 Å². The molecular formula is C57H33N3OS. The summed E-state index contributed by atoms with van der Waals surface area (Å²) in [5, 5.41) is 12.3. The van der Waals surface area contributed by atoms with Gasteiger partial charge in [0.2, 0.25) is 0 Å². The Kier molecular flexibility index (Phi) is 7.74. The Bertz CT molecular complexity index is 3910. The van der Waals surface area contributed by atoms with Crippen LogP contribution in [0.5, 0.6) is 0 Å². The number of hydrogen-bond donors (Lipinski definition) is 0. The lowest BCUT2D eigenvalue weighted by Gasteiger charge is -2.12. The molecule has 0 unspecified atom stereocenters. The highest BCUT2D eigenvalue weighted by Gasteiger charge is 2.18. The van der Waals surface area contributed by atoms with Gasteiger partial charge in [0.05, 0.1) is 0 Å². The highest BCUT2D eigenvalue weighted by Crippen LogP contribution is 2.42. The number of rotatable bonds is 5. The van der Waals surface area contributed by atoms with Crippen LogP contribution in [0.25, 0.3) is 131 Å².